The molecule has 0 aliphatic rings. The van der Waals surface area contributed by atoms with Crippen LogP contribution in [0.5, 0.6) is 0 Å². The minimum atomic E-state index is -1.08. The highest BCUT2D eigenvalue weighted by atomic mass is 35.5. The van der Waals surface area contributed by atoms with Crippen molar-refractivity contribution in [3.63, 3.8) is 0 Å². The summed E-state index contributed by atoms with van der Waals surface area (Å²) in [5, 5.41) is 26.3. The number of ether oxygens (including phenoxy) is 1. The maximum atomic E-state index is 11.4. The van der Waals surface area contributed by atoms with Gasteiger partial charge in [0.2, 0.25) is 0 Å². The number of nitrogens with zero attached hydrogens (tertiary/aromatic N) is 6. The molecular weight excluding hydrogens is 578 g/mol. The standard InChI is InChI=1S/2C12H11Cl2N3O2/c1-2-19-12(18)11-7-17(16-15-11)6-8-3-4-9(13)5-10(8)14;1-2-10-11(12(18)19)15-16-17(10)6-7-3-4-8(13)5-9(7)14/h3-5,7H,2,6H2,1H3;3-5H,2,6H2,1H3,(H,18,19). The van der Waals surface area contributed by atoms with E-state index in [9.17, 15) is 9.59 Å². The van der Waals surface area contributed by atoms with Crippen molar-refractivity contribution in [2.45, 2.75) is 33.4 Å². The summed E-state index contributed by atoms with van der Waals surface area (Å²) < 4.78 is 7.89. The Hall–Kier alpha value is -3.18. The van der Waals surface area contributed by atoms with E-state index in [0.29, 0.717) is 51.9 Å². The van der Waals surface area contributed by atoms with Gasteiger partial charge in [0.1, 0.15) is 0 Å². The van der Waals surface area contributed by atoms with Crippen LogP contribution in [0.4, 0.5) is 0 Å². The third kappa shape index (κ3) is 7.67. The normalized spacial score (nSPS) is 10.6. The van der Waals surface area contributed by atoms with Gasteiger partial charge in [-0.1, -0.05) is 75.9 Å². The van der Waals surface area contributed by atoms with E-state index in [1.54, 1.807) is 48.0 Å². The van der Waals surface area contributed by atoms with E-state index >= 15 is 0 Å². The molecule has 10 nitrogen and oxygen atoms in total. The molecule has 0 radical (unpaired) electrons. The Morgan fingerprint density at radius 2 is 1.50 bits per heavy atom. The molecule has 14 heteroatoms. The highest BCUT2D eigenvalue weighted by molar-refractivity contribution is 6.35. The molecule has 38 heavy (non-hydrogen) atoms. The van der Waals surface area contributed by atoms with Gasteiger partial charge in [-0.05, 0) is 48.7 Å². The highest BCUT2D eigenvalue weighted by Gasteiger charge is 2.18. The second kappa shape index (κ2) is 13.6. The predicted molar refractivity (Wildman–Crippen MR) is 143 cm³/mol. The molecule has 0 fully saturated rings. The van der Waals surface area contributed by atoms with Gasteiger partial charge in [0, 0.05) is 20.1 Å². The van der Waals surface area contributed by atoms with Crippen molar-refractivity contribution in [3.05, 3.63) is 90.9 Å². The molecule has 1 N–H and O–H groups in total. The van der Waals surface area contributed by atoms with Gasteiger partial charge in [0.15, 0.2) is 11.4 Å². The number of rotatable bonds is 8. The second-order valence-electron chi connectivity index (χ2n) is 7.69. The van der Waals surface area contributed by atoms with E-state index in [2.05, 4.69) is 20.6 Å². The lowest BCUT2D eigenvalue weighted by molar-refractivity contribution is 0.0518. The van der Waals surface area contributed by atoms with Gasteiger partial charge in [0.25, 0.3) is 0 Å². The number of aromatic carboxylic acids is 1. The first-order chi connectivity index (χ1) is 18.1. The quantitative estimate of drug-likeness (QED) is 0.256. The van der Waals surface area contributed by atoms with Gasteiger partial charge in [-0.3, -0.25) is 0 Å². The van der Waals surface area contributed by atoms with Crippen molar-refractivity contribution in [3.8, 4) is 0 Å². The summed E-state index contributed by atoms with van der Waals surface area (Å²) in [4.78, 5) is 22.4. The molecule has 0 amide bonds. The molecule has 0 saturated carbocycles. The number of carboxylic acid groups (broad SMARTS) is 1. The Morgan fingerprint density at radius 3 is 2.03 bits per heavy atom. The molecule has 4 rings (SSSR count). The Labute approximate surface area is 238 Å². The van der Waals surface area contributed by atoms with E-state index < -0.39 is 11.9 Å². The van der Waals surface area contributed by atoms with Crippen LogP contribution in [0.3, 0.4) is 0 Å². The number of halogens is 4. The van der Waals surface area contributed by atoms with Crippen LogP contribution in [0.25, 0.3) is 0 Å². The monoisotopic (exact) mass is 598 g/mol. The molecule has 0 bridgehead atoms. The van der Waals surface area contributed by atoms with Crippen LogP contribution < -0.4 is 0 Å². The molecule has 4 aromatic rings. The van der Waals surface area contributed by atoms with Gasteiger partial charge < -0.3 is 9.84 Å². The molecule has 2 aromatic heterocycles. The van der Waals surface area contributed by atoms with Crippen LogP contribution >= 0.6 is 46.4 Å². The predicted octanol–water partition coefficient (Wildman–Crippen LogP) is 5.70. The fourth-order valence-electron chi connectivity index (χ4n) is 3.29. The zero-order chi connectivity index (χ0) is 27.8. The highest BCUT2D eigenvalue weighted by Crippen LogP contribution is 2.23. The fourth-order valence-corrected chi connectivity index (χ4v) is 4.22. The lowest BCUT2D eigenvalue weighted by atomic mass is 10.2. The summed E-state index contributed by atoms with van der Waals surface area (Å²) in [6, 6.07) is 10.3. The Morgan fingerprint density at radius 1 is 0.895 bits per heavy atom. The van der Waals surface area contributed by atoms with E-state index in [4.69, 9.17) is 56.2 Å². The minimum absolute atomic E-state index is 0.0208. The third-order valence-electron chi connectivity index (χ3n) is 5.08. The van der Waals surface area contributed by atoms with E-state index in [1.165, 1.54) is 10.9 Å². The summed E-state index contributed by atoms with van der Waals surface area (Å²) in [7, 11) is 0. The smallest absolute Gasteiger partial charge is 0.360 e. The minimum Gasteiger partial charge on any atom is -0.476 e. The maximum Gasteiger partial charge on any atom is 0.360 e. The van der Waals surface area contributed by atoms with E-state index in [1.807, 2.05) is 6.92 Å². The lowest BCUT2D eigenvalue weighted by Crippen LogP contribution is -2.08. The summed E-state index contributed by atoms with van der Waals surface area (Å²) >= 11 is 23.8. The van der Waals surface area contributed by atoms with Crippen LogP contribution in [0, 0.1) is 0 Å². The molecule has 0 unspecified atom stereocenters. The van der Waals surface area contributed by atoms with Crippen LogP contribution in [-0.2, 0) is 24.2 Å². The number of esters is 1. The number of aromatic nitrogens is 6. The van der Waals surface area contributed by atoms with Crippen LogP contribution in [-0.4, -0.2) is 53.6 Å². The second-order valence-corrected chi connectivity index (χ2v) is 9.38. The molecule has 2 aromatic carbocycles. The molecule has 2 heterocycles. The van der Waals surface area contributed by atoms with E-state index in [0.717, 1.165) is 11.1 Å². The van der Waals surface area contributed by atoms with E-state index in [-0.39, 0.29) is 11.4 Å². The van der Waals surface area contributed by atoms with Gasteiger partial charge >= 0.3 is 11.9 Å². The zero-order valence-electron chi connectivity index (χ0n) is 20.2. The van der Waals surface area contributed by atoms with Gasteiger partial charge in [-0.2, -0.15) is 0 Å². The maximum absolute atomic E-state index is 11.4. The van der Waals surface area contributed by atoms with Crippen molar-refractivity contribution in [1.82, 2.24) is 30.0 Å². The van der Waals surface area contributed by atoms with Crippen molar-refractivity contribution in [2.24, 2.45) is 0 Å². The molecule has 0 spiro atoms. The van der Waals surface area contributed by atoms with Crippen molar-refractivity contribution < 1.29 is 19.4 Å². The summed E-state index contributed by atoms with van der Waals surface area (Å²) in [5.41, 5.74) is 2.37. The zero-order valence-corrected chi connectivity index (χ0v) is 23.3. The van der Waals surface area contributed by atoms with Crippen LogP contribution in [0.1, 0.15) is 51.6 Å². The molecule has 0 atom stereocenters. The SMILES string of the molecule is CCOC(=O)c1cn(Cc2ccc(Cl)cc2Cl)nn1.CCc1c(C(=O)O)nnn1Cc1ccc(Cl)cc1Cl. The van der Waals surface area contributed by atoms with Crippen molar-refractivity contribution >= 4 is 58.3 Å². The Bertz CT molecular complexity index is 1440. The van der Waals surface area contributed by atoms with Gasteiger partial charge in [0.05, 0.1) is 31.6 Å². The summed E-state index contributed by atoms with van der Waals surface area (Å²) in [5.74, 6) is -1.57. The largest absolute Gasteiger partial charge is 0.476 e. The number of benzene rings is 2. The third-order valence-corrected chi connectivity index (χ3v) is 6.25. The average Bonchev–Trinajstić information content (AvgIpc) is 3.50. The Balaban J connectivity index is 0.000000211. The Kier molecular flexibility index (Phi) is 10.5. The first kappa shape index (κ1) is 29.4. The first-order valence-electron chi connectivity index (χ1n) is 11.2. The summed E-state index contributed by atoms with van der Waals surface area (Å²) in [6.07, 6.45) is 2.04. The molecule has 0 saturated heterocycles. The number of carbonyl (C=O) groups excluding carboxylic acids is 1. The number of carboxylic acids is 1. The number of hydrogen-bond acceptors (Lipinski definition) is 7. The van der Waals surface area contributed by atoms with Gasteiger partial charge in [-0.25, -0.2) is 19.0 Å². The topological polar surface area (TPSA) is 125 Å². The van der Waals surface area contributed by atoms with Crippen molar-refractivity contribution in [2.75, 3.05) is 6.61 Å². The van der Waals surface area contributed by atoms with Crippen LogP contribution in [0.15, 0.2) is 42.6 Å². The molecular formula is C24H22Cl4N6O4. The molecule has 0 aliphatic heterocycles. The fraction of sp³-hybridized carbons (Fsp3) is 0.250. The van der Waals surface area contributed by atoms with Crippen LogP contribution in [0.2, 0.25) is 20.1 Å². The first-order valence-corrected chi connectivity index (χ1v) is 12.7. The van der Waals surface area contributed by atoms with Gasteiger partial charge in [-0.15, -0.1) is 10.2 Å². The average molecular weight is 600 g/mol. The lowest BCUT2D eigenvalue weighted by Gasteiger charge is -2.07. The number of carbonyl (C=O) groups is 2. The van der Waals surface area contributed by atoms with Crippen molar-refractivity contribution in [1.29, 1.82) is 0 Å². The number of hydrogen-bond donors (Lipinski definition) is 1. The molecule has 0 aliphatic carbocycles. The summed E-state index contributed by atoms with van der Waals surface area (Å²) in [6.45, 7) is 4.65. The molecule has 200 valence electrons.